The summed E-state index contributed by atoms with van der Waals surface area (Å²) in [5.74, 6) is -0.244. The van der Waals surface area contributed by atoms with Crippen LogP contribution in [0.15, 0.2) is 48.5 Å². The molecule has 84 valence electrons. The van der Waals surface area contributed by atoms with Crippen molar-refractivity contribution in [3.8, 4) is 0 Å². The molecule has 0 aromatic heterocycles. The molecule has 0 heterocycles. The van der Waals surface area contributed by atoms with Crippen LogP contribution in [-0.2, 0) is 0 Å². The second-order valence-electron chi connectivity index (χ2n) is 3.29. The Morgan fingerprint density at radius 3 is 2.35 bits per heavy atom. The van der Waals surface area contributed by atoms with Gasteiger partial charge in [-0.3, -0.25) is 0 Å². The van der Waals surface area contributed by atoms with Crippen molar-refractivity contribution in [2.75, 3.05) is 11.9 Å². The molecule has 0 amide bonds. The first-order valence-electron chi connectivity index (χ1n) is 4.73. The second kappa shape index (κ2) is 7.69. The fourth-order valence-corrected chi connectivity index (χ4v) is 1.41. The van der Waals surface area contributed by atoms with Crippen molar-refractivity contribution in [3.63, 3.8) is 0 Å². The summed E-state index contributed by atoms with van der Waals surface area (Å²) in [6.07, 6.45) is 0. The SMILES string of the molecule is CN(c1[c-]ccc(F)c1)c1ccccc1.[Br-].[Mg+2]. The van der Waals surface area contributed by atoms with Crippen LogP contribution < -0.4 is 21.9 Å². The van der Waals surface area contributed by atoms with Gasteiger partial charge in [-0.05, 0) is 12.1 Å². The van der Waals surface area contributed by atoms with E-state index in [1.165, 1.54) is 12.1 Å². The summed E-state index contributed by atoms with van der Waals surface area (Å²) < 4.78 is 13.0. The molecule has 0 N–H and O–H groups in total. The Hall–Kier alpha value is -0.584. The van der Waals surface area contributed by atoms with Gasteiger partial charge in [0.05, 0.1) is 0 Å². The maximum atomic E-state index is 13.0. The third-order valence-electron chi connectivity index (χ3n) is 2.25. The molecule has 0 spiro atoms. The maximum Gasteiger partial charge on any atom is 2.00 e. The number of benzene rings is 2. The topological polar surface area (TPSA) is 3.24 Å². The van der Waals surface area contributed by atoms with Crippen LogP contribution in [0.4, 0.5) is 15.8 Å². The van der Waals surface area contributed by atoms with Crippen LogP contribution >= 0.6 is 0 Å². The predicted octanol–water partition coefficient (Wildman–Crippen LogP) is 0.0170. The van der Waals surface area contributed by atoms with E-state index in [1.54, 1.807) is 6.07 Å². The van der Waals surface area contributed by atoms with Crippen molar-refractivity contribution in [2.24, 2.45) is 0 Å². The number of rotatable bonds is 2. The van der Waals surface area contributed by atoms with Gasteiger partial charge in [-0.25, -0.2) is 4.39 Å². The normalized spacial score (nSPS) is 8.82. The molecule has 0 saturated carbocycles. The van der Waals surface area contributed by atoms with Crippen LogP contribution in [0.2, 0.25) is 0 Å². The Kier molecular flexibility index (Phi) is 7.42. The molecule has 0 aliphatic carbocycles. The smallest absolute Gasteiger partial charge is 1.00 e. The summed E-state index contributed by atoms with van der Waals surface area (Å²) in [6, 6.07) is 17.2. The van der Waals surface area contributed by atoms with Gasteiger partial charge in [-0.1, -0.05) is 23.9 Å². The molecule has 2 aromatic carbocycles. The molecule has 2 aromatic rings. The van der Waals surface area contributed by atoms with Gasteiger partial charge in [0.1, 0.15) is 0 Å². The van der Waals surface area contributed by atoms with Gasteiger partial charge in [0.25, 0.3) is 0 Å². The van der Waals surface area contributed by atoms with Gasteiger partial charge in [-0.2, -0.15) is 12.1 Å². The quantitative estimate of drug-likeness (QED) is 0.558. The van der Waals surface area contributed by atoms with E-state index in [0.29, 0.717) is 0 Å². The number of nitrogens with zero attached hydrogens (tertiary/aromatic N) is 1. The predicted molar refractivity (Wildman–Crippen MR) is 65.5 cm³/mol. The Labute approximate surface area is 128 Å². The molecule has 1 nitrogen and oxygen atoms in total. The molecule has 0 unspecified atom stereocenters. The van der Waals surface area contributed by atoms with E-state index in [4.69, 9.17) is 0 Å². The third-order valence-corrected chi connectivity index (χ3v) is 2.25. The van der Waals surface area contributed by atoms with E-state index < -0.39 is 0 Å². The van der Waals surface area contributed by atoms with E-state index in [-0.39, 0.29) is 45.9 Å². The summed E-state index contributed by atoms with van der Waals surface area (Å²) in [6.45, 7) is 0. The third kappa shape index (κ3) is 4.30. The molecule has 0 bridgehead atoms. The van der Waals surface area contributed by atoms with Gasteiger partial charge in [0.15, 0.2) is 0 Å². The first-order chi connectivity index (χ1) is 7.27. The number of anilines is 2. The molecular weight excluding hydrogens is 293 g/mol. The van der Waals surface area contributed by atoms with E-state index >= 15 is 0 Å². The summed E-state index contributed by atoms with van der Waals surface area (Å²) in [5.41, 5.74) is 1.74. The zero-order chi connectivity index (χ0) is 10.7. The van der Waals surface area contributed by atoms with E-state index in [9.17, 15) is 4.39 Å². The summed E-state index contributed by atoms with van der Waals surface area (Å²) >= 11 is 0. The van der Waals surface area contributed by atoms with Crippen molar-refractivity contribution in [3.05, 3.63) is 60.4 Å². The second-order valence-corrected chi connectivity index (χ2v) is 3.29. The fraction of sp³-hybridized carbons (Fsp3) is 0.0769. The summed E-state index contributed by atoms with van der Waals surface area (Å²) in [7, 11) is 1.89. The van der Waals surface area contributed by atoms with Crippen molar-refractivity contribution in [1.29, 1.82) is 0 Å². The average Bonchev–Trinajstić information content (AvgIpc) is 2.29. The van der Waals surface area contributed by atoms with E-state index in [2.05, 4.69) is 6.07 Å². The van der Waals surface area contributed by atoms with Crippen LogP contribution in [-0.4, -0.2) is 30.1 Å². The monoisotopic (exact) mass is 303 g/mol. The largest absolute Gasteiger partial charge is 2.00 e. The van der Waals surface area contributed by atoms with Crippen molar-refractivity contribution >= 4 is 34.4 Å². The van der Waals surface area contributed by atoms with Crippen molar-refractivity contribution in [1.82, 2.24) is 0 Å². The number of halogens is 2. The Morgan fingerprint density at radius 1 is 1.12 bits per heavy atom. The fourth-order valence-electron chi connectivity index (χ4n) is 1.41. The van der Waals surface area contributed by atoms with Crippen LogP contribution in [0, 0.1) is 11.9 Å². The Bertz CT molecular complexity index is 450. The Balaban J connectivity index is 0.00000128. The van der Waals surface area contributed by atoms with Crippen molar-refractivity contribution in [2.45, 2.75) is 0 Å². The van der Waals surface area contributed by atoms with Gasteiger partial charge < -0.3 is 21.9 Å². The average molecular weight is 304 g/mol. The van der Waals surface area contributed by atoms with Gasteiger partial charge >= 0.3 is 23.1 Å². The maximum absolute atomic E-state index is 13.0. The molecule has 0 radical (unpaired) electrons. The first-order valence-corrected chi connectivity index (χ1v) is 4.73. The van der Waals surface area contributed by atoms with Gasteiger partial charge in [-0.15, -0.1) is 12.1 Å². The molecule has 0 atom stereocenters. The summed E-state index contributed by atoms with van der Waals surface area (Å²) in [5, 5.41) is 0. The van der Waals surface area contributed by atoms with Crippen LogP contribution in [0.5, 0.6) is 0 Å². The van der Waals surface area contributed by atoms with E-state index in [1.807, 2.05) is 42.3 Å². The zero-order valence-electron chi connectivity index (χ0n) is 9.53. The molecule has 17 heavy (non-hydrogen) atoms. The first kappa shape index (κ1) is 16.4. The minimum Gasteiger partial charge on any atom is -1.00 e. The number of hydrogen-bond acceptors (Lipinski definition) is 1. The zero-order valence-corrected chi connectivity index (χ0v) is 12.5. The molecule has 2 rings (SSSR count). The minimum atomic E-state index is -0.244. The molecular formula is C13H11BrFMgN. The van der Waals surface area contributed by atoms with Gasteiger partial charge in [0, 0.05) is 18.6 Å². The van der Waals surface area contributed by atoms with Crippen molar-refractivity contribution < 1.29 is 21.4 Å². The summed E-state index contributed by atoms with van der Waals surface area (Å²) in [4.78, 5) is 1.89. The number of hydrogen-bond donors (Lipinski definition) is 0. The van der Waals surface area contributed by atoms with E-state index in [0.717, 1.165) is 11.4 Å². The van der Waals surface area contributed by atoms with Crippen LogP contribution in [0.1, 0.15) is 0 Å². The molecule has 0 saturated heterocycles. The van der Waals surface area contributed by atoms with Crippen LogP contribution in [0.3, 0.4) is 0 Å². The van der Waals surface area contributed by atoms with Crippen LogP contribution in [0.25, 0.3) is 0 Å². The molecule has 4 heteroatoms. The molecule has 0 aliphatic rings. The Morgan fingerprint density at radius 2 is 1.76 bits per heavy atom. The molecule has 0 aliphatic heterocycles. The minimum absolute atomic E-state index is 0. The van der Waals surface area contributed by atoms with Gasteiger partial charge in [0.2, 0.25) is 0 Å². The standard InChI is InChI=1S/C13H11FN.BrH.Mg/c1-15(12-7-3-2-4-8-12)13-9-5-6-11(14)10-13;;/h2-8,10H,1H3;1H;/q-1;;+2/p-1. The number of para-hydroxylation sites is 1. The molecule has 0 fully saturated rings.